The number of hydrogen-bond donors (Lipinski definition) is 1. The maximum absolute atomic E-state index is 14.3. The average molecular weight is 515 g/mol. The lowest BCUT2D eigenvalue weighted by molar-refractivity contribution is -0.134. The van der Waals surface area contributed by atoms with Crippen molar-refractivity contribution in [1.29, 1.82) is 0 Å². The predicted molar refractivity (Wildman–Crippen MR) is 126 cm³/mol. The molecule has 1 aliphatic carbocycles. The lowest BCUT2D eigenvalue weighted by Crippen LogP contribution is -2.46. The number of aryl methyl sites for hydroxylation is 1. The van der Waals surface area contributed by atoms with Crippen LogP contribution in [0.3, 0.4) is 0 Å². The maximum atomic E-state index is 14.3. The van der Waals surface area contributed by atoms with Crippen LogP contribution in [0.2, 0.25) is 5.02 Å². The number of nitrogens with zero attached hydrogens (tertiary/aromatic N) is 3. The Balaban J connectivity index is 0.00000324. The molecule has 0 spiro atoms. The highest BCUT2D eigenvalue weighted by atomic mass is 35.5. The van der Waals surface area contributed by atoms with Crippen LogP contribution in [0.1, 0.15) is 38.5 Å². The summed E-state index contributed by atoms with van der Waals surface area (Å²) in [6, 6.07) is 2.97. The largest absolute Gasteiger partial charge is 0.453 e. The minimum absolute atomic E-state index is 0. The van der Waals surface area contributed by atoms with E-state index in [1.165, 1.54) is 11.3 Å². The van der Waals surface area contributed by atoms with Crippen LogP contribution < -0.4 is 10.1 Å². The van der Waals surface area contributed by atoms with Gasteiger partial charge in [0.2, 0.25) is 5.91 Å². The minimum Gasteiger partial charge on any atom is -0.453 e. The Bertz CT molecular complexity index is 1090. The van der Waals surface area contributed by atoms with Crippen LogP contribution in [0.15, 0.2) is 36.2 Å². The molecule has 1 N–H and O–H groups in total. The highest BCUT2D eigenvalue weighted by molar-refractivity contribution is 6.30. The van der Waals surface area contributed by atoms with Crippen molar-refractivity contribution in [3.05, 3.63) is 52.9 Å². The van der Waals surface area contributed by atoms with Gasteiger partial charge in [-0.1, -0.05) is 43.7 Å². The summed E-state index contributed by atoms with van der Waals surface area (Å²) in [6.45, 7) is -0.0861. The average Bonchev–Trinajstić information content (AvgIpc) is 3.37. The van der Waals surface area contributed by atoms with Gasteiger partial charge in [0.15, 0.2) is 23.2 Å². The van der Waals surface area contributed by atoms with Crippen LogP contribution in [-0.4, -0.2) is 39.1 Å². The fraction of sp³-hybridized carbons (Fsp3) is 0.435. The molecule has 34 heavy (non-hydrogen) atoms. The van der Waals surface area contributed by atoms with Gasteiger partial charge in [0, 0.05) is 25.4 Å². The van der Waals surface area contributed by atoms with Crippen molar-refractivity contribution in [2.75, 3.05) is 11.9 Å². The molecule has 1 aromatic heterocycles. The van der Waals surface area contributed by atoms with Crippen molar-refractivity contribution >= 4 is 41.6 Å². The maximum Gasteiger partial charge on any atom is 0.251 e. The zero-order valence-corrected chi connectivity index (χ0v) is 20.2. The molecular weight excluding hydrogens is 489 g/mol. The molecule has 1 aromatic carbocycles. The van der Waals surface area contributed by atoms with Gasteiger partial charge in [0.1, 0.15) is 11.8 Å². The van der Waals surface area contributed by atoms with Crippen molar-refractivity contribution < 1.29 is 23.1 Å². The Hall–Kier alpha value is -2.65. The summed E-state index contributed by atoms with van der Waals surface area (Å²) < 4.78 is 35.3. The number of carbonyl (C=O) groups excluding carboxylic acids is 2. The van der Waals surface area contributed by atoms with Gasteiger partial charge < -0.3 is 15.0 Å². The fourth-order valence-electron chi connectivity index (χ4n) is 4.38. The van der Waals surface area contributed by atoms with Gasteiger partial charge in [0.25, 0.3) is 5.91 Å². The van der Waals surface area contributed by atoms with E-state index in [0.717, 1.165) is 43.9 Å². The third-order valence-electron chi connectivity index (χ3n) is 6.05. The quantitative estimate of drug-likeness (QED) is 0.535. The number of nitrogens with one attached hydrogen (secondary N) is 1. The minimum atomic E-state index is -1.05. The number of halogens is 4. The number of amides is 2. The summed E-state index contributed by atoms with van der Waals surface area (Å²) in [4.78, 5) is 27.4. The van der Waals surface area contributed by atoms with Crippen molar-refractivity contribution in [2.45, 2.75) is 44.6 Å². The van der Waals surface area contributed by atoms with Gasteiger partial charge in [-0.3, -0.25) is 14.3 Å². The van der Waals surface area contributed by atoms with Crippen LogP contribution >= 0.6 is 24.0 Å². The third kappa shape index (κ3) is 5.88. The van der Waals surface area contributed by atoms with Crippen LogP contribution in [0, 0.1) is 17.6 Å². The Labute approximate surface area is 207 Å². The van der Waals surface area contributed by atoms with Crippen LogP contribution in [-0.2, 0) is 16.6 Å². The molecule has 1 saturated carbocycles. The number of rotatable bonds is 7. The van der Waals surface area contributed by atoms with E-state index in [-0.39, 0.29) is 35.6 Å². The second-order valence-electron chi connectivity index (χ2n) is 8.47. The highest BCUT2D eigenvalue weighted by Gasteiger charge is 2.36. The topological polar surface area (TPSA) is 76.5 Å². The molecule has 4 rings (SSSR count). The van der Waals surface area contributed by atoms with Gasteiger partial charge >= 0.3 is 0 Å². The van der Waals surface area contributed by atoms with Crippen molar-refractivity contribution in [1.82, 2.24) is 14.7 Å². The van der Waals surface area contributed by atoms with Crippen molar-refractivity contribution in [3.8, 4) is 5.75 Å². The third-order valence-corrected chi connectivity index (χ3v) is 6.35. The number of anilines is 1. The van der Waals surface area contributed by atoms with Gasteiger partial charge in [-0.2, -0.15) is 5.10 Å². The molecule has 2 aliphatic rings. The molecule has 0 saturated heterocycles. The van der Waals surface area contributed by atoms with E-state index < -0.39 is 29.3 Å². The summed E-state index contributed by atoms with van der Waals surface area (Å²) in [5.41, 5.74) is 0. The molecule has 11 heteroatoms. The Morgan fingerprint density at radius 3 is 2.68 bits per heavy atom. The Morgan fingerprint density at radius 1 is 1.26 bits per heavy atom. The standard InChI is InChI=1S/C23H25ClF2N4O3.ClH/c1-29-10-9-19(28-29)27-23(32)18(11-14-5-3-2-4-6-14)30-13-15(12-20(30)31)33-22-17(25)8-7-16(24)21(22)26;/h7-10,12,14,18H,2-6,11,13H2,1H3,(H,27,28,32);1H/t18-;/m0./s1. The number of carbonyl (C=O) groups is 2. The van der Waals surface area contributed by atoms with Crippen LogP contribution in [0.4, 0.5) is 14.6 Å². The molecule has 0 radical (unpaired) electrons. The van der Waals surface area contributed by atoms with E-state index in [4.69, 9.17) is 16.3 Å². The number of hydrogen-bond acceptors (Lipinski definition) is 4. The van der Waals surface area contributed by atoms with Crippen molar-refractivity contribution in [3.63, 3.8) is 0 Å². The van der Waals surface area contributed by atoms with Crippen LogP contribution in [0.5, 0.6) is 5.75 Å². The molecule has 184 valence electrons. The fourth-order valence-corrected chi connectivity index (χ4v) is 4.53. The van der Waals surface area contributed by atoms with E-state index in [2.05, 4.69) is 10.4 Å². The first kappa shape index (κ1) is 26.0. The summed E-state index contributed by atoms with van der Waals surface area (Å²) in [5.74, 6) is -2.74. The van der Waals surface area contributed by atoms with E-state index in [1.807, 2.05) is 0 Å². The lowest BCUT2D eigenvalue weighted by Gasteiger charge is -2.31. The van der Waals surface area contributed by atoms with Gasteiger partial charge in [-0.25, -0.2) is 8.78 Å². The first-order chi connectivity index (χ1) is 15.8. The van der Waals surface area contributed by atoms with Gasteiger partial charge in [-0.15, -0.1) is 12.4 Å². The second kappa shape index (κ2) is 11.2. The molecule has 0 bridgehead atoms. The number of benzene rings is 1. The Morgan fingerprint density at radius 2 is 2.00 bits per heavy atom. The molecule has 1 atom stereocenters. The molecular formula is C23H26Cl2F2N4O3. The summed E-state index contributed by atoms with van der Waals surface area (Å²) >= 11 is 5.73. The predicted octanol–water partition coefficient (Wildman–Crippen LogP) is 4.86. The van der Waals surface area contributed by atoms with E-state index in [0.29, 0.717) is 18.2 Å². The summed E-state index contributed by atoms with van der Waals surface area (Å²) in [5, 5.41) is 6.65. The lowest BCUT2D eigenvalue weighted by atomic mass is 9.84. The monoisotopic (exact) mass is 514 g/mol. The molecule has 1 aliphatic heterocycles. The van der Waals surface area contributed by atoms with Crippen molar-refractivity contribution in [2.24, 2.45) is 13.0 Å². The van der Waals surface area contributed by atoms with Crippen LogP contribution in [0.25, 0.3) is 0 Å². The summed E-state index contributed by atoms with van der Waals surface area (Å²) in [6.07, 6.45) is 8.68. The molecule has 0 unspecified atom stereocenters. The Kier molecular flexibility index (Phi) is 8.54. The molecule has 2 heterocycles. The number of ether oxygens (including phenoxy) is 1. The van der Waals surface area contributed by atoms with Gasteiger partial charge in [0.05, 0.1) is 11.6 Å². The summed E-state index contributed by atoms with van der Waals surface area (Å²) in [7, 11) is 1.74. The normalized spacial score (nSPS) is 17.2. The van der Waals surface area contributed by atoms with Gasteiger partial charge in [-0.05, 0) is 24.5 Å². The highest BCUT2D eigenvalue weighted by Crippen LogP contribution is 2.33. The molecule has 2 aromatic rings. The van der Waals surface area contributed by atoms with E-state index >= 15 is 0 Å². The SMILES string of the molecule is Cl.Cn1ccc(NC(=O)[C@H](CC2CCCCC2)N2CC(Oc3c(F)ccc(Cl)c3F)=CC2=O)n1. The molecule has 2 amide bonds. The zero-order chi connectivity index (χ0) is 23.5. The van der Waals surface area contributed by atoms with E-state index in [9.17, 15) is 18.4 Å². The smallest absolute Gasteiger partial charge is 0.251 e. The number of aromatic nitrogens is 2. The second-order valence-corrected chi connectivity index (χ2v) is 8.88. The first-order valence-corrected chi connectivity index (χ1v) is 11.3. The molecule has 7 nitrogen and oxygen atoms in total. The first-order valence-electron chi connectivity index (χ1n) is 10.9. The zero-order valence-electron chi connectivity index (χ0n) is 18.6. The van der Waals surface area contributed by atoms with E-state index in [1.54, 1.807) is 24.0 Å². The molecule has 1 fully saturated rings.